The first-order valence-corrected chi connectivity index (χ1v) is 11.7. The van der Waals surface area contributed by atoms with Crippen molar-refractivity contribution in [2.24, 2.45) is 0 Å². The molecular formula is C24H21F4N3O2S. The molecule has 2 aliphatic heterocycles. The molecule has 2 aromatic carbocycles. The van der Waals surface area contributed by atoms with Gasteiger partial charge in [0.2, 0.25) is 0 Å². The number of fused-ring (bicyclic) bond motifs is 1. The second kappa shape index (κ2) is 8.66. The van der Waals surface area contributed by atoms with Gasteiger partial charge in [-0.1, -0.05) is 18.2 Å². The van der Waals surface area contributed by atoms with E-state index in [2.05, 4.69) is 4.90 Å². The lowest BCUT2D eigenvalue weighted by atomic mass is 10.0. The van der Waals surface area contributed by atoms with Crippen LogP contribution in [0, 0.1) is 5.82 Å². The monoisotopic (exact) mass is 491 g/mol. The highest BCUT2D eigenvalue weighted by Gasteiger charge is 2.39. The molecule has 2 aliphatic rings. The van der Waals surface area contributed by atoms with Crippen molar-refractivity contribution in [2.75, 3.05) is 39.3 Å². The zero-order valence-corrected chi connectivity index (χ0v) is 18.8. The molecule has 34 heavy (non-hydrogen) atoms. The minimum atomic E-state index is -4.53. The van der Waals surface area contributed by atoms with Crippen molar-refractivity contribution in [3.8, 4) is 0 Å². The van der Waals surface area contributed by atoms with Gasteiger partial charge in [0, 0.05) is 61.0 Å². The highest BCUT2D eigenvalue weighted by Crippen LogP contribution is 2.37. The van der Waals surface area contributed by atoms with Crippen molar-refractivity contribution in [2.45, 2.75) is 12.2 Å². The maximum Gasteiger partial charge on any atom is 0.416 e. The number of benzene rings is 2. The number of halogens is 4. The van der Waals surface area contributed by atoms with Gasteiger partial charge in [-0.25, -0.2) is 4.39 Å². The number of nitrogens with zero attached hydrogens (tertiary/aromatic N) is 3. The molecule has 0 N–H and O–H groups in total. The molecule has 0 saturated carbocycles. The summed E-state index contributed by atoms with van der Waals surface area (Å²) in [4.78, 5) is 30.8. The second-order valence-corrected chi connectivity index (χ2v) is 9.56. The molecule has 0 unspecified atom stereocenters. The first kappa shape index (κ1) is 22.8. The third kappa shape index (κ3) is 4.16. The molecule has 2 saturated heterocycles. The molecule has 10 heteroatoms. The highest BCUT2D eigenvalue weighted by molar-refractivity contribution is 7.20. The van der Waals surface area contributed by atoms with Gasteiger partial charge in [0.25, 0.3) is 11.8 Å². The van der Waals surface area contributed by atoms with Crippen LogP contribution in [-0.4, -0.2) is 71.8 Å². The largest absolute Gasteiger partial charge is 0.416 e. The molecule has 2 fully saturated rings. The van der Waals surface area contributed by atoms with Crippen LogP contribution in [0.25, 0.3) is 10.1 Å². The maximum atomic E-state index is 14.8. The van der Waals surface area contributed by atoms with Crippen LogP contribution in [-0.2, 0) is 6.18 Å². The van der Waals surface area contributed by atoms with E-state index in [4.69, 9.17) is 0 Å². The normalized spacial score (nSPS) is 17.8. The minimum Gasteiger partial charge on any atom is -0.336 e. The molecule has 3 aromatic rings. The average molecular weight is 492 g/mol. The Morgan fingerprint density at radius 1 is 0.882 bits per heavy atom. The number of thiophene rings is 1. The van der Waals surface area contributed by atoms with E-state index in [0.29, 0.717) is 44.8 Å². The SMILES string of the molecule is O=C(c1ccccc1)N1CCN(C2CN(C(=O)c3sc4cc(C(F)(F)F)ccc4c3F)C2)CC1. The molecule has 0 bridgehead atoms. The van der Waals surface area contributed by atoms with Gasteiger partial charge in [-0.15, -0.1) is 11.3 Å². The fourth-order valence-electron chi connectivity index (χ4n) is 4.43. The molecule has 2 amide bonds. The zero-order chi connectivity index (χ0) is 24.0. The maximum absolute atomic E-state index is 14.8. The Kier molecular flexibility index (Phi) is 5.81. The number of rotatable bonds is 3. The first-order valence-electron chi connectivity index (χ1n) is 10.9. The van der Waals surface area contributed by atoms with Crippen LogP contribution in [0.1, 0.15) is 25.6 Å². The van der Waals surface area contributed by atoms with Gasteiger partial charge in [-0.3, -0.25) is 14.5 Å². The fraction of sp³-hybridized carbons (Fsp3) is 0.333. The number of carbonyl (C=O) groups is 2. The summed E-state index contributed by atoms with van der Waals surface area (Å²) >= 11 is 0.754. The van der Waals surface area contributed by atoms with Crippen LogP contribution in [0.15, 0.2) is 48.5 Å². The Morgan fingerprint density at radius 2 is 1.56 bits per heavy atom. The van der Waals surface area contributed by atoms with Gasteiger partial charge in [0.1, 0.15) is 4.88 Å². The zero-order valence-electron chi connectivity index (χ0n) is 18.0. The van der Waals surface area contributed by atoms with Gasteiger partial charge < -0.3 is 9.80 Å². The predicted molar refractivity (Wildman–Crippen MR) is 120 cm³/mol. The summed E-state index contributed by atoms with van der Waals surface area (Å²) in [5.74, 6) is -1.27. The first-order chi connectivity index (χ1) is 16.2. The van der Waals surface area contributed by atoms with Crippen LogP contribution in [0.3, 0.4) is 0 Å². The molecule has 1 aromatic heterocycles. The number of hydrogen-bond acceptors (Lipinski definition) is 4. The standard InChI is InChI=1S/C24H21F4N3O2S/c25-20-18-7-6-16(24(26,27)28)12-19(18)34-21(20)23(33)31-13-17(14-31)29-8-10-30(11-9-29)22(32)15-4-2-1-3-5-15/h1-7,12,17H,8-11,13-14H2. The van der Waals surface area contributed by atoms with Gasteiger partial charge in [-0.05, 0) is 30.3 Å². The van der Waals surface area contributed by atoms with Crippen molar-refractivity contribution in [1.29, 1.82) is 0 Å². The second-order valence-electron chi connectivity index (χ2n) is 8.51. The fourth-order valence-corrected chi connectivity index (χ4v) is 5.52. The summed E-state index contributed by atoms with van der Waals surface area (Å²) in [6.07, 6.45) is -4.53. The lowest BCUT2D eigenvalue weighted by Gasteiger charge is -2.48. The lowest BCUT2D eigenvalue weighted by Crippen LogP contribution is -2.64. The summed E-state index contributed by atoms with van der Waals surface area (Å²) in [6.45, 7) is 3.39. The molecular weight excluding hydrogens is 470 g/mol. The Balaban J connectivity index is 1.19. The molecule has 0 aliphatic carbocycles. The molecule has 0 spiro atoms. The van der Waals surface area contributed by atoms with Crippen molar-refractivity contribution in [3.63, 3.8) is 0 Å². The molecule has 178 valence electrons. The number of alkyl halides is 3. The number of hydrogen-bond donors (Lipinski definition) is 0. The van der Waals surface area contributed by atoms with Crippen LogP contribution >= 0.6 is 11.3 Å². The van der Waals surface area contributed by atoms with E-state index in [1.54, 1.807) is 12.1 Å². The van der Waals surface area contributed by atoms with Crippen molar-refractivity contribution in [1.82, 2.24) is 14.7 Å². The number of piperazine rings is 1. The van der Waals surface area contributed by atoms with Crippen molar-refractivity contribution >= 4 is 33.2 Å². The third-order valence-corrected chi connectivity index (χ3v) is 7.55. The summed E-state index contributed by atoms with van der Waals surface area (Å²) in [5.41, 5.74) is -0.210. The van der Waals surface area contributed by atoms with E-state index >= 15 is 0 Å². The predicted octanol–water partition coefficient (Wildman–Crippen LogP) is 4.34. The van der Waals surface area contributed by atoms with Crippen LogP contribution < -0.4 is 0 Å². The average Bonchev–Trinajstić information content (AvgIpc) is 3.14. The molecule has 5 nitrogen and oxygen atoms in total. The van der Waals surface area contributed by atoms with Gasteiger partial charge in [0.15, 0.2) is 5.82 Å². The highest BCUT2D eigenvalue weighted by atomic mass is 32.1. The van der Waals surface area contributed by atoms with Crippen molar-refractivity contribution < 1.29 is 27.2 Å². The molecule has 5 rings (SSSR count). The number of carbonyl (C=O) groups excluding carboxylic acids is 2. The van der Waals surface area contributed by atoms with E-state index in [0.717, 1.165) is 29.5 Å². The Hall–Kier alpha value is -2.98. The van der Waals surface area contributed by atoms with Crippen LogP contribution in [0.2, 0.25) is 0 Å². The van der Waals surface area contributed by atoms with Crippen LogP contribution in [0.5, 0.6) is 0 Å². The summed E-state index contributed by atoms with van der Waals surface area (Å²) in [5, 5.41) is 0.0256. The van der Waals surface area contributed by atoms with E-state index in [9.17, 15) is 27.2 Å². The van der Waals surface area contributed by atoms with E-state index in [1.165, 1.54) is 4.90 Å². The lowest BCUT2D eigenvalue weighted by molar-refractivity contribution is -0.137. The Morgan fingerprint density at radius 3 is 2.21 bits per heavy atom. The van der Waals surface area contributed by atoms with E-state index in [1.807, 2.05) is 23.1 Å². The van der Waals surface area contributed by atoms with E-state index < -0.39 is 23.5 Å². The Labute approximate surface area is 197 Å². The molecule has 3 heterocycles. The topological polar surface area (TPSA) is 43.9 Å². The summed E-state index contributed by atoms with van der Waals surface area (Å²) < 4.78 is 53.7. The van der Waals surface area contributed by atoms with Gasteiger partial charge in [-0.2, -0.15) is 13.2 Å². The minimum absolute atomic E-state index is 0.000388. The Bertz CT molecular complexity index is 1230. The smallest absolute Gasteiger partial charge is 0.336 e. The molecule has 0 radical (unpaired) electrons. The number of likely N-dealkylation sites (tertiary alicyclic amines) is 1. The number of amides is 2. The third-order valence-electron chi connectivity index (χ3n) is 6.44. The van der Waals surface area contributed by atoms with E-state index in [-0.39, 0.29) is 26.9 Å². The van der Waals surface area contributed by atoms with Crippen molar-refractivity contribution in [3.05, 3.63) is 70.4 Å². The summed E-state index contributed by atoms with van der Waals surface area (Å²) in [6, 6.07) is 12.0. The van der Waals surface area contributed by atoms with Crippen LogP contribution in [0.4, 0.5) is 17.6 Å². The molecule has 0 atom stereocenters. The van der Waals surface area contributed by atoms with Gasteiger partial charge >= 0.3 is 6.18 Å². The van der Waals surface area contributed by atoms with Gasteiger partial charge in [0.05, 0.1) is 5.56 Å². The summed E-state index contributed by atoms with van der Waals surface area (Å²) in [7, 11) is 0. The quantitative estimate of drug-likeness (QED) is 0.512.